The van der Waals surface area contributed by atoms with E-state index in [1.165, 1.54) is 6.08 Å². The topological polar surface area (TPSA) is 62.8 Å². The van der Waals surface area contributed by atoms with Gasteiger partial charge >= 0.3 is 0 Å². The Balaban J connectivity index is 1.67. The molecule has 0 fully saturated rings. The Morgan fingerprint density at radius 2 is 1.73 bits per heavy atom. The summed E-state index contributed by atoms with van der Waals surface area (Å²) in [5.74, 6) is -0.201. The van der Waals surface area contributed by atoms with Gasteiger partial charge in [-0.1, -0.05) is 64.5 Å². The van der Waals surface area contributed by atoms with E-state index in [9.17, 15) is 9.59 Å². The van der Waals surface area contributed by atoms with Crippen LogP contribution >= 0.6 is 15.9 Å². The Morgan fingerprint density at radius 3 is 2.55 bits per heavy atom. The van der Waals surface area contributed by atoms with Gasteiger partial charge in [-0.3, -0.25) is 14.6 Å². The first kappa shape index (κ1) is 21.0. The fourth-order valence-corrected chi connectivity index (χ4v) is 4.46. The second-order valence-corrected chi connectivity index (χ2v) is 8.73. The average Bonchev–Trinajstić information content (AvgIpc) is 2.82. The van der Waals surface area contributed by atoms with Crippen LogP contribution in [0.15, 0.2) is 94.2 Å². The molecular weight excluding hydrogens is 476 g/mol. The zero-order chi connectivity index (χ0) is 22.9. The number of fused-ring (bicyclic) bond motifs is 2. The number of pyridine rings is 2. The number of allylic oxidation sites excluding steroid dienone is 1. The molecule has 160 valence electrons. The minimum absolute atomic E-state index is 0.201. The number of hydrogen-bond donors (Lipinski definition) is 1. The molecule has 2 aromatic heterocycles. The molecule has 0 aliphatic heterocycles. The number of H-pyrrole nitrogens is 1. The second-order valence-electron chi connectivity index (χ2n) is 7.81. The Hall–Kier alpha value is -3.83. The van der Waals surface area contributed by atoms with Crippen molar-refractivity contribution in [1.29, 1.82) is 0 Å². The molecule has 33 heavy (non-hydrogen) atoms. The van der Waals surface area contributed by atoms with Gasteiger partial charge < -0.3 is 4.98 Å². The van der Waals surface area contributed by atoms with E-state index in [1.807, 2.05) is 79.7 Å². The predicted molar refractivity (Wildman–Crippen MR) is 138 cm³/mol. The first-order chi connectivity index (χ1) is 16.0. The van der Waals surface area contributed by atoms with E-state index >= 15 is 0 Å². The molecule has 0 amide bonds. The summed E-state index contributed by atoms with van der Waals surface area (Å²) in [7, 11) is 0. The van der Waals surface area contributed by atoms with Crippen molar-refractivity contribution < 1.29 is 4.79 Å². The van der Waals surface area contributed by atoms with Gasteiger partial charge in [0, 0.05) is 32.2 Å². The van der Waals surface area contributed by atoms with Crippen LogP contribution in [0.3, 0.4) is 0 Å². The maximum Gasteiger partial charge on any atom is 0.255 e. The summed E-state index contributed by atoms with van der Waals surface area (Å²) in [6, 6.07) is 25.0. The molecular formula is C28H19BrN2O2. The van der Waals surface area contributed by atoms with Crippen molar-refractivity contribution in [2.45, 2.75) is 6.92 Å². The van der Waals surface area contributed by atoms with Gasteiger partial charge in [0.05, 0.1) is 11.1 Å². The van der Waals surface area contributed by atoms with E-state index in [0.29, 0.717) is 16.8 Å². The molecule has 0 atom stereocenters. The zero-order valence-electron chi connectivity index (χ0n) is 17.8. The molecule has 4 nitrogen and oxygen atoms in total. The van der Waals surface area contributed by atoms with Crippen molar-refractivity contribution in [3.05, 3.63) is 117 Å². The number of halogens is 1. The number of hydrogen-bond acceptors (Lipinski definition) is 3. The van der Waals surface area contributed by atoms with Gasteiger partial charge in [-0.15, -0.1) is 0 Å². The lowest BCUT2D eigenvalue weighted by atomic mass is 9.92. The first-order valence-corrected chi connectivity index (χ1v) is 11.3. The number of benzene rings is 3. The van der Waals surface area contributed by atoms with Crippen molar-refractivity contribution in [1.82, 2.24) is 9.97 Å². The van der Waals surface area contributed by atoms with E-state index < -0.39 is 0 Å². The molecule has 2 heterocycles. The third-order valence-corrected chi connectivity index (χ3v) is 6.13. The van der Waals surface area contributed by atoms with E-state index in [4.69, 9.17) is 4.98 Å². The molecule has 0 aliphatic carbocycles. The highest BCUT2D eigenvalue weighted by atomic mass is 79.9. The van der Waals surface area contributed by atoms with Crippen LogP contribution in [0.4, 0.5) is 0 Å². The average molecular weight is 495 g/mol. The molecule has 0 saturated carbocycles. The standard InChI is InChI=1S/C28H19BrN2O2/c1-17-26(25(32)14-11-20-15-19-9-5-6-10-23(19)31-28(20)33)27(18-7-3-2-4-8-18)22-16-21(29)12-13-24(22)30-17/h2-16H,1H3,(H,31,33)/b14-11+. The van der Waals surface area contributed by atoms with Gasteiger partial charge in [0.25, 0.3) is 5.56 Å². The maximum atomic E-state index is 13.5. The Morgan fingerprint density at radius 1 is 0.970 bits per heavy atom. The number of nitrogens with zero attached hydrogens (tertiary/aromatic N) is 1. The normalized spacial score (nSPS) is 11.5. The number of ketones is 1. The van der Waals surface area contributed by atoms with Crippen LogP contribution in [0, 0.1) is 6.92 Å². The Bertz CT molecular complexity index is 1620. The van der Waals surface area contributed by atoms with Crippen LogP contribution in [-0.4, -0.2) is 15.8 Å². The van der Waals surface area contributed by atoms with Crippen LogP contribution in [0.2, 0.25) is 0 Å². The molecule has 5 aromatic rings. The van der Waals surface area contributed by atoms with Crippen molar-refractivity contribution >= 4 is 49.6 Å². The summed E-state index contributed by atoms with van der Waals surface area (Å²) in [5, 5.41) is 1.80. The molecule has 0 saturated heterocycles. The highest BCUT2D eigenvalue weighted by molar-refractivity contribution is 9.10. The molecule has 0 radical (unpaired) electrons. The lowest BCUT2D eigenvalue weighted by molar-refractivity contribution is 0.104. The first-order valence-electron chi connectivity index (χ1n) is 10.5. The number of aryl methyl sites for hydroxylation is 1. The van der Waals surface area contributed by atoms with Crippen LogP contribution in [-0.2, 0) is 0 Å². The van der Waals surface area contributed by atoms with Crippen LogP contribution in [0.5, 0.6) is 0 Å². The zero-order valence-corrected chi connectivity index (χ0v) is 19.4. The number of aromatic amines is 1. The van der Waals surface area contributed by atoms with Crippen molar-refractivity contribution in [3.8, 4) is 11.1 Å². The minimum atomic E-state index is -0.238. The van der Waals surface area contributed by atoms with Crippen LogP contribution in [0.25, 0.3) is 39.0 Å². The van der Waals surface area contributed by atoms with Crippen molar-refractivity contribution in [2.75, 3.05) is 0 Å². The predicted octanol–water partition coefficient (Wildman–Crippen LogP) is 6.71. The van der Waals surface area contributed by atoms with Gasteiger partial charge in [0.2, 0.25) is 0 Å². The van der Waals surface area contributed by atoms with Gasteiger partial charge in [-0.25, -0.2) is 0 Å². The fourth-order valence-electron chi connectivity index (χ4n) is 4.10. The van der Waals surface area contributed by atoms with Gasteiger partial charge in [-0.2, -0.15) is 0 Å². The molecule has 5 heteroatoms. The van der Waals surface area contributed by atoms with E-state index in [2.05, 4.69) is 20.9 Å². The molecule has 5 rings (SSSR count). The summed E-state index contributed by atoms with van der Waals surface area (Å²) in [5.41, 5.74) is 4.72. The number of carbonyl (C=O) groups is 1. The largest absolute Gasteiger partial charge is 0.321 e. The van der Waals surface area contributed by atoms with Crippen LogP contribution in [0.1, 0.15) is 21.6 Å². The summed E-state index contributed by atoms with van der Waals surface area (Å²) in [6.07, 6.45) is 3.03. The highest BCUT2D eigenvalue weighted by Gasteiger charge is 2.19. The third kappa shape index (κ3) is 4.03. The van der Waals surface area contributed by atoms with Gasteiger partial charge in [0.1, 0.15) is 0 Å². The smallest absolute Gasteiger partial charge is 0.255 e. The Kier molecular flexibility index (Phi) is 5.48. The number of rotatable bonds is 4. The quantitative estimate of drug-likeness (QED) is 0.223. The number of carbonyl (C=O) groups excluding carboxylic acids is 1. The molecule has 0 aliphatic rings. The Labute approximate surface area is 198 Å². The molecule has 0 bridgehead atoms. The van der Waals surface area contributed by atoms with Crippen molar-refractivity contribution in [2.24, 2.45) is 0 Å². The van der Waals surface area contributed by atoms with E-state index in [0.717, 1.165) is 37.4 Å². The summed E-state index contributed by atoms with van der Waals surface area (Å²) in [6.45, 7) is 1.85. The summed E-state index contributed by atoms with van der Waals surface area (Å²) >= 11 is 3.54. The van der Waals surface area contributed by atoms with Crippen molar-refractivity contribution in [3.63, 3.8) is 0 Å². The van der Waals surface area contributed by atoms with E-state index in [1.54, 1.807) is 12.1 Å². The maximum absolute atomic E-state index is 13.5. The van der Waals surface area contributed by atoms with E-state index in [-0.39, 0.29) is 11.3 Å². The minimum Gasteiger partial charge on any atom is -0.321 e. The number of nitrogens with one attached hydrogen (secondary N) is 1. The second kappa shape index (κ2) is 8.60. The lowest BCUT2D eigenvalue weighted by Gasteiger charge is -2.14. The SMILES string of the molecule is Cc1nc2ccc(Br)cc2c(-c2ccccc2)c1C(=O)/C=C/c1cc2ccccc2[nH]c1=O. The van der Waals surface area contributed by atoms with Crippen LogP contribution < -0.4 is 5.56 Å². The molecule has 0 spiro atoms. The third-order valence-electron chi connectivity index (χ3n) is 5.63. The molecule has 1 N–H and O–H groups in total. The molecule has 0 unspecified atom stereocenters. The molecule has 3 aromatic carbocycles. The lowest BCUT2D eigenvalue weighted by Crippen LogP contribution is -2.09. The number of para-hydroxylation sites is 1. The van der Waals surface area contributed by atoms with Gasteiger partial charge in [0.15, 0.2) is 5.78 Å². The fraction of sp³-hybridized carbons (Fsp3) is 0.0357. The monoisotopic (exact) mass is 494 g/mol. The summed E-state index contributed by atoms with van der Waals surface area (Å²) in [4.78, 5) is 33.6. The number of aromatic nitrogens is 2. The summed E-state index contributed by atoms with van der Waals surface area (Å²) < 4.78 is 0.912. The van der Waals surface area contributed by atoms with Gasteiger partial charge in [-0.05, 0) is 60.4 Å². The highest BCUT2D eigenvalue weighted by Crippen LogP contribution is 2.35.